The number of benzene rings is 2. The van der Waals surface area contributed by atoms with Gasteiger partial charge < -0.3 is 15.0 Å². The van der Waals surface area contributed by atoms with E-state index in [0.717, 1.165) is 16.2 Å². The standard InChI is InChI=1S/C24H24N4O3S/c1-27(24(30)25-18-11-6-7-12-21(18)31-2)16-23(29)28-20(17-9-4-3-5-10-17)15-19(26-28)22-13-8-14-32-22/h3-14,20H,15-16H2,1-2H3,(H,25,30). The number of ether oxygens (including phenoxy) is 1. The molecule has 3 aromatic rings. The molecule has 1 N–H and O–H groups in total. The third-order valence-electron chi connectivity index (χ3n) is 5.22. The number of hydrazone groups is 1. The zero-order valence-electron chi connectivity index (χ0n) is 17.9. The van der Waals surface area contributed by atoms with E-state index in [1.165, 1.54) is 9.91 Å². The molecule has 7 nitrogen and oxygen atoms in total. The molecule has 164 valence electrons. The van der Waals surface area contributed by atoms with Crippen LogP contribution in [0.3, 0.4) is 0 Å². The lowest BCUT2D eigenvalue weighted by Gasteiger charge is -2.25. The molecule has 1 aliphatic rings. The van der Waals surface area contributed by atoms with Gasteiger partial charge in [0.15, 0.2) is 0 Å². The monoisotopic (exact) mass is 448 g/mol. The second-order valence-electron chi connectivity index (χ2n) is 7.38. The van der Waals surface area contributed by atoms with Crippen LogP contribution in [0.5, 0.6) is 5.75 Å². The Hall–Kier alpha value is -3.65. The second-order valence-corrected chi connectivity index (χ2v) is 8.33. The predicted octanol–water partition coefficient (Wildman–Crippen LogP) is 4.60. The van der Waals surface area contributed by atoms with Crippen LogP contribution in [0.4, 0.5) is 10.5 Å². The maximum atomic E-state index is 13.2. The largest absolute Gasteiger partial charge is 0.495 e. The topological polar surface area (TPSA) is 74.2 Å². The van der Waals surface area contributed by atoms with Gasteiger partial charge in [0.05, 0.1) is 29.4 Å². The van der Waals surface area contributed by atoms with E-state index in [0.29, 0.717) is 17.9 Å². The fourth-order valence-corrected chi connectivity index (χ4v) is 4.29. The zero-order valence-corrected chi connectivity index (χ0v) is 18.7. The highest BCUT2D eigenvalue weighted by Gasteiger charge is 2.34. The van der Waals surface area contributed by atoms with Gasteiger partial charge in [0, 0.05) is 13.5 Å². The summed E-state index contributed by atoms with van der Waals surface area (Å²) in [7, 11) is 3.12. The van der Waals surface area contributed by atoms with Gasteiger partial charge in [-0.2, -0.15) is 5.10 Å². The van der Waals surface area contributed by atoms with Crippen LogP contribution >= 0.6 is 11.3 Å². The number of nitrogens with zero attached hydrogens (tertiary/aromatic N) is 3. The Balaban J connectivity index is 1.49. The van der Waals surface area contributed by atoms with Gasteiger partial charge in [-0.05, 0) is 29.1 Å². The SMILES string of the molecule is COc1ccccc1NC(=O)N(C)CC(=O)N1N=C(c2cccs2)CC1c1ccccc1. The highest BCUT2D eigenvalue weighted by Crippen LogP contribution is 2.33. The van der Waals surface area contributed by atoms with Gasteiger partial charge in [-0.15, -0.1) is 11.3 Å². The summed E-state index contributed by atoms with van der Waals surface area (Å²) in [5.74, 6) is 0.303. The summed E-state index contributed by atoms with van der Waals surface area (Å²) >= 11 is 1.60. The Morgan fingerprint density at radius 3 is 2.59 bits per heavy atom. The van der Waals surface area contributed by atoms with Crippen molar-refractivity contribution in [1.82, 2.24) is 9.91 Å². The highest BCUT2D eigenvalue weighted by molar-refractivity contribution is 7.12. The van der Waals surface area contributed by atoms with Crippen molar-refractivity contribution in [3.8, 4) is 5.75 Å². The minimum absolute atomic E-state index is 0.106. The first-order valence-corrected chi connectivity index (χ1v) is 11.1. The molecule has 0 fully saturated rings. The number of carbonyl (C=O) groups is 2. The van der Waals surface area contributed by atoms with Crippen molar-refractivity contribution in [3.63, 3.8) is 0 Å². The van der Waals surface area contributed by atoms with Crippen molar-refractivity contribution in [1.29, 1.82) is 0 Å². The number of thiophene rings is 1. The summed E-state index contributed by atoms with van der Waals surface area (Å²) in [5, 5.41) is 10.9. The number of nitrogens with one attached hydrogen (secondary N) is 1. The quantitative estimate of drug-likeness (QED) is 0.599. The molecular weight excluding hydrogens is 424 g/mol. The van der Waals surface area contributed by atoms with Crippen molar-refractivity contribution in [2.75, 3.05) is 26.0 Å². The number of urea groups is 1. The number of likely N-dealkylation sites (N-methyl/N-ethyl adjacent to an activating group) is 1. The summed E-state index contributed by atoms with van der Waals surface area (Å²) in [6.07, 6.45) is 0.632. The van der Waals surface area contributed by atoms with Crippen LogP contribution in [0.2, 0.25) is 0 Å². The number of carbonyl (C=O) groups excluding carboxylic acids is 2. The maximum absolute atomic E-state index is 13.2. The van der Waals surface area contributed by atoms with Crippen LogP contribution in [0.15, 0.2) is 77.2 Å². The summed E-state index contributed by atoms with van der Waals surface area (Å²) < 4.78 is 5.27. The number of rotatable bonds is 6. The molecule has 1 aromatic heterocycles. The molecule has 0 saturated heterocycles. The van der Waals surface area contributed by atoms with Crippen molar-refractivity contribution >= 4 is 34.7 Å². The van der Waals surface area contributed by atoms with E-state index in [4.69, 9.17) is 4.74 Å². The van der Waals surface area contributed by atoms with Gasteiger partial charge in [-0.1, -0.05) is 48.5 Å². The molecule has 0 saturated carbocycles. The molecule has 0 spiro atoms. The van der Waals surface area contributed by atoms with Crippen LogP contribution in [0.1, 0.15) is 22.9 Å². The van der Waals surface area contributed by atoms with E-state index in [2.05, 4.69) is 10.4 Å². The summed E-state index contributed by atoms with van der Waals surface area (Å²) in [5.41, 5.74) is 2.43. The Bertz CT molecular complexity index is 1120. The normalized spacial score (nSPS) is 15.2. The third-order valence-corrected chi connectivity index (χ3v) is 6.14. The zero-order chi connectivity index (χ0) is 22.5. The molecule has 2 aromatic carbocycles. The van der Waals surface area contributed by atoms with Gasteiger partial charge in [-0.25, -0.2) is 9.80 Å². The van der Waals surface area contributed by atoms with E-state index in [-0.39, 0.29) is 18.5 Å². The molecule has 32 heavy (non-hydrogen) atoms. The van der Waals surface area contributed by atoms with Crippen LogP contribution < -0.4 is 10.1 Å². The lowest BCUT2D eigenvalue weighted by molar-refractivity contribution is -0.133. The smallest absolute Gasteiger partial charge is 0.322 e. The number of amides is 3. The fourth-order valence-electron chi connectivity index (χ4n) is 3.57. The van der Waals surface area contributed by atoms with E-state index < -0.39 is 6.03 Å². The Kier molecular flexibility index (Phi) is 6.51. The van der Waals surface area contributed by atoms with E-state index in [1.54, 1.807) is 43.7 Å². The third kappa shape index (κ3) is 4.65. The van der Waals surface area contributed by atoms with Gasteiger partial charge in [0.2, 0.25) is 0 Å². The number of para-hydroxylation sites is 2. The van der Waals surface area contributed by atoms with Crippen molar-refractivity contribution < 1.29 is 14.3 Å². The van der Waals surface area contributed by atoms with Crippen LogP contribution in [-0.2, 0) is 4.79 Å². The van der Waals surface area contributed by atoms with Gasteiger partial charge in [0.1, 0.15) is 12.3 Å². The molecule has 2 heterocycles. The van der Waals surface area contributed by atoms with Gasteiger partial charge in [-0.3, -0.25) is 4.79 Å². The summed E-state index contributed by atoms with van der Waals surface area (Å²) in [6.45, 7) is -0.106. The number of hydrogen-bond acceptors (Lipinski definition) is 5. The van der Waals surface area contributed by atoms with Gasteiger partial charge >= 0.3 is 6.03 Å². The average Bonchev–Trinajstić information content (AvgIpc) is 3.50. The van der Waals surface area contributed by atoms with E-state index in [9.17, 15) is 9.59 Å². The molecule has 1 aliphatic heterocycles. The maximum Gasteiger partial charge on any atom is 0.322 e. The predicted molar refractivity (Wildman–Crippen MR) is 126 cm³/mol. The fraction of sp³-hybridized carbons (Fsp3) is 0.208. The number of anilines is 1. The Labute approximate surface area is 190 Å². The van der Waals surface area contributed by atoms with Gasteiger partial charge in [0.25, 0.3) is 5.91 Å². The number of hydrogen-bond donors (Lipinski definition) is 1. The lowest BCUT2D eigenvalue weighted by Crippen LogP contribution is -2.41. The highest BCUT2D eigenvalue weighted by atomic mass is 32.1. The van der Waals surface area contributed by atoms with Crippen molar-refractivity contribution in [3.05, 3.63) is 82.6 Å². The first-order chi connectivity index (χ1) is 15.6. The molecule has 8 heteroatoms. The first-order valence-electron chi connectivity index (χ1n) is 10.2. The second kappa shape index (κ2) is 9.65. The average molecular weight is 449 g/mol. The molecule has 0 aliphatic carbocycles. The molecule has 0 radical (unpaired) electrons. The Morgan fingerprint density at radius 2 is 1.88 bits per heavy atom. The molecule has 0 bridgehead atoms. The molecular formula is C24H24N4O3S. The van der Waals surface area contributed by atoms with Crippen LogP contribution in [0, 0.1) is 0 Å². The molecule has 3 amide bonds. The van der Waals surface area contributed by atoms with E-state index in [1.807, 2.05) is 53.9 Å². The van der Waals surface area contributed by atoms with E-state index >= 15 is 0 Å². The minimum Gasteiger partial charge on any atom is -0.495 e. The summed E-state index contributed by atoms with van der Waals surface area (Å²) in [4.78, 5) is 28.3. The van der Waals surface area contributed by atoms with Crippen molar-refractivity contribution in [2.24, 2.45) is 5.10 Å². The molecule has 1 atom stereocenters. The minimum atomic E-state index is -0.402. The first kappa shape index (κ1) is 21.6. The van der Waals surface area contributed by atoms with Crippen LogP contribution in [-0.4, -0.2) is 48.3 Å². The Morgan fingerprint density at radius 1 is 1.12 bits per heavy atom. The molecule has 4 rings (SSSR count). The van der Waals surface area contributed by atoms with Crippen molar-refractivity contribution in [2.45, 2.75) is 12.5 Å². The molecule has 1 unspecified atom stereocenters. The summed E-state index contributed by atoms with van der Waals surface area (Å²) in [6, 6.07) is 20.3. The lowest BCUT2D eigenvalue weighted by atomic mass is 10.0. The number of methoxy groups -OCH3 is 1. The van der Waals surface area contributed by atoms with Crippen LogP contribution in [0.25, 0.3) is 0 Å².